The molecule has 0 saturated carbocycles. The summed E-state index contributed by atoms with van der Waals surface area (Å²) < 4.78 is 38.7. The molecule has 0 radical (unpaired) electrons. The van der Waals surface area contributed by atoms with Crippen molar-refractivity contribution in [3.05, 3.63) is 95.6 Å². The molecule has 0 aromatic heterocycles. The summed E-state index contributed by atoms with van der Waals surface area (Å²) >= 11 is -4.22. The van der Waals surface area contributed by atoms with E-state index in [0.29, 0.717) is 108 Å². The van der Waals surface area contributed by atoms with E-state index in [2.05, 4.69) is 42.2 Å². The molecular formula is C60H86InN13O17. The number of ether oxygens (including phenoxy) is 4. The van der Waals surface area contributed by atoms with E-state index >= 15 is 0 Å². The monoisotopic (exact) mass is 1380 g/mol. The predicted octanol–water partition coefficient (Wildman–Crippen LogP) is -1.38. The van der Waals surface area contributed by atoms with Gasteiger partial charge in [-0.2, -0.15) is 0 Å². The van der Waals surface area contributed by atoms with Gasteiger partial charge < -0.3 is 56.4 Å². The molecule has 7 amide bonds. The van der Waals surface area contributed by atoms with Crippen molar-refractivity contribution in [2.45, 2.75) is 51.1 Å². The molecule has 3 aliphatic heterocycles. The average Bonchev–Trinajstić information content (AvgIpc) is 1.36. The number of benzene rings is 3. The van der Waals surface area contributed by atoms with E-state index in [-0.39, 0.29) is 128 Å². The van der Waals surface area contributed by atoms with Crippen LogP contribution < -0.4 is 43.0 Å². The molecule has 3 aliphatic rings. The van der Waals surface area contributed by atoms with Crippen molar-refractivity contribution in [3.63, 3.8) is 0 Å². The van der Waals surface area contributed by atoms with Gasteiger partial charge in [-0.3, -0.25) is 29.5 Å². The van der Waals surface area contributed by atoms with Gasteiger partial charge in [0.15, 0.2) is 5.96 Å². The van der Waals surface area contributed by atoms with E-state index in [1.165, 1.54) is 12.1 Å². The van der Waals surface area contributed by atoms with Gasteiger partial charge in [0, 0.05) is 38.3 Å². The number of carbonyl (C=O) groups excluding carboxylic acids is 9. The minimum atomic E-state index is -4.22. The zero-order valence-corrected chi connectivity index (χ0v) is 54.8. The van der Waals surface area contributed by atoms with Crippen LogP contribution in [0.2, 0.25) is 0 Å². The topological polar surface area (TPSA) is 374 Å². The smallest absolute Gasteiger partial charge is 0.242 e. The Morgan fingerprint density at radius 2 is 1.13 bits per heavy atom. The number of phenols is 1. The molecule has 6 rings (SSSR count). The number of hydrogen-bond acceptors (Lipinski definition) is 22. The van der Waals surface area contributed by atoms with Crippen LogP contribution in [0, 0.1) is 0 Å². The molecule has 10 N–H and O–H groups in total. The number of hydrogen-bond donors (Lipinski definition) is 9. The van der Waals surface area contributed by atoms with Gasteiger partial charge in [0.1, 0.15) is 11.8 Å². The molecule has 496 valence electrons. The molecule has 4 atom stereocenters. The van der Waals surface area contributed by atoms with Crippen LogP contribution in [0.3, 0.4) is 0 Å². The van der Waals surface area contributed by atoms with Gasteiger partial charge in [0.25, 0.3) is 0 Å². The number of amides is 7. The van der Waals surface area contributed by atoms with Crippen molar-refractivity contribution in [2.75, 3.05) is 163 Å². The molecule has 4 bridgehead atoms. The second-order valence-electron chi connectivity index (χ2n) is 21.4. The first-order valence-corrected chi connectivity index (χ1v) is 34.6. The van der Waals surface area contributed by atoms with Crippen LogP contribution in [0.15, 0.2) is 83.9 Å². The van der Waals surface area contributed by atoms with Crippen LogP contribution in [0.4, 0.5) is 10.5 Å². The average molecular weight is 1380 g/mol. The summed E-state index contributed by atoms with van der Waals surface area (Å²) in [5.41, 5.74) is 8.42. The number of aliphatic imine (C=N–C) groups is 1. The molecule has 0 aliphatic carbocycles. The Kier molecular flexibility index (Phi) is 32.8. The van der Waals surface area contributed by atoms with Gasteiger partial charge in [-0.25, -0.2) is 4.79 Å². The van der Waals surface area contributed by atoms with Crippen LogP contribution in [-0.4, -0.2) is 271 Å². The summed E-state index contributed by atoms with van der Waals surface area (Å²) in [4.78, 5) is 128. The number of anilines is 1. The van der Waals surface area contributed by atoms with Crippen molar-refractivity contribution in [1.29, 1.82) is 0 Å². The summed E-state index contributed by atoms with van der Waals surface area (Å²) in [6, 6.07) is 20.6. The number of aromatic hydroxyl groups is 1. The number of nitrogens with zero attached hydrogens (tertiary/aromatic N) is 5. The molecule has 3 saturated heterocycles. The van der Waals surface area contributed by atoms with E-state index in [1.54, 1.807) is 55.5 Å². The number of nitrogens with one attached hydrogen (secondary N) is 7. The number of rotatable bonds is 33. The summed E-state index contributed by atoms with van der Waals surface area (Å²) in [5, 5.41) is 28.9. The van der Waals surface area contributed by atoms with Crippen molar-refractivity contribution in [3.8, 4) is 5.75 Å². The molecule has 3 fully saturated rings. The molecule has 3 unspecified atom stereocenters. The van der Waals surface area contributed by atoms with Crippen molar-refractivity contribution in [1.82, 2.24) is 51.5 Å². The Balaban J connectivity index is 0.843. The third kappa shape index (κ3) is 29.1. The standard InChI is InChI=1S/C60H89N13O17.In/c1-2-50(75)62-20-21-65-60(86)69-59(61)64-19-6-9-49(57(84)66-39-44-10-16-48(74)17-11-44)68-58(85)56(45-7-4-3-5-8-45)46-12-14-47(15-13-46)67-51(76)18-31-87-33-35-89-37-38-90-36-34-88-32-22-63-52(77)40-70-23-25-71(41-53(78)79)27-29-73(43-55(82)83)30-28-72(26-24-70)42-54(80)81;/h3-5,7-8,10-17,49,56,74H,2,6,9,18-43H2,1H3,(H,62,75)(H,63,77)(H,66,84)(H,67,76)(H,68,85)(H,78,79)(H,80,81)(H,82,83)(H4,61,64,65,69,86);/q;+3/p-3/t49?,56-;/m1./s1. The fraction of sp³-hybridized carbons (Fsp3) is 0.533. The van der Waals surface area contributed by atoms with Crippen LogP contribution in [0.1, 0.15) is 55.2 Å². The third-order valence-electron chi connectivity index (χ3n) is 14.4. The van der Waals surface area contributed by atoms with Crippen molar-refractivity contribution in [2.24, 2.45) is 10.7 Å². The fourth-order valence-corrected chi connectivity index (χ4v) is 12.4. The number of urea groups is 1. The third-order valence-corrected chi connectivity index (χ3v) is 18.3. The number of fused-ring (bicyclic) bond motifs is 7. The van der Waals surface area contributed by atoms with Gasteiger partial charge in [-0.15, -0.1) is 0 Å². The Bertz CT molecular complexity index is 2790. The Hall–Kier alpha value is -7.49. The van der Waals surface area contributed by atoms with Crippen molar-refractivity contribution >= 4 is 87.9 Å². The van der Waals surface area contributed by atoms with Crippen LogP contribution in [-0.2, 0) is 72.4 Å². The van der Waals surface area contributed by atoms with Crippen LogP contribution >= 0.6 is 0 Å². The largest absolute Gasteiger partial charge is 0.508 e. The van der Waals surface area contributed by atoms with E-state index < -0.39 is 70.5 Å². The quantitative estimate of drug-likeness (QED) is 0.0193. The SMILES string of the molecule is CCC(=O)NCCNC(=O)NC(N)=NCCCC(NC(=O)[C@H](c1ccccc1)c1ccc(NC(=O)CCOCCOCCOCCOCCNC(=O)CN2CCN3CCN4CCN(CC2)CC(=O)[O][In]([O]C(=O)C3)[O]C(=O)C4)cc1)C(=O)NCc1ccc(O)cc1. The maximum absolute atomic E-state index is 14.3. The maximum atomic E-state index is 14.3. The fourth-order valence-electron chi connectivity index (χ4n) is 9.48. The predicted molar refractivity (Wildman–Crippen MR) is 331 cm³/mol. The van der Waals surface area contributed by atoms with Gasteiger partial charge in [-0.1, -0.05) is 61.5 Å². The van der Waals surface area contributed by atoms with Crippen molar-refractivity contribution < 1.29 is 75.8 Å². The molecular weight excluding hydrogens is 1290 g/mol. The Labute approximate surface area is 538 Å². The molecule has 3 aromatic rings. The van der Waals surface area contributed by atoms with Gasteiger partial charge in [0.05, 0.1) is 58.6 Å². The first-order chi connectivity index (χ1) is 44.1. The second-order valence-corrected chi connectivity index (χ2v) is 25.0. The molecule has 91 heavy (non-hydrogen) atoms. The molecule has 31 heteroatoms. The summed E-state index contributed by atoms with van der Waals surface area (Å²) in [5.74, 6) is -4.27. The zero-order valence-electron chi connectivity index (χ0n) is 51.5. The number of carbonyl (C=O) groups is 9. The summed E-state index contributed by atoms with van der Waals surface area (Å²) in [6.45, 7) is 8.72. The molecule has 3 heterocycles. The Morgan fingerprint density at radius 1 is 0.604 bits per heavy atom. The first-order valence-electron chi connectivity index (χ1n) is 30.6. The zero-order chi connectivity index (χ0) is 65.0. The molecule has 3 aromatic carbocycles. The van der Waals surface area contributed by atoms with E-state index in [9.17, 15) is 48.3 Å². The van der Waals surface area contributed by atoms with E-state index in [4.69, 9.17) is 33.2 Å². The second kappa shape index (κ2) is 41.1. The van der Waals surface area contributed by atoms with E-state index in [1.807, 2.05) is 37.8 Å². The normalized spacial score (nSPS) is 18.0. The minimum Gasteiger partial charge on any atom is -0.508 e. The van der Waals surface area contributed by atoms with Crippen LogP contribution in [0.5, 0.6) is 5.75 Å². The number of nitrogens with two attached hydrogens (primary N) is 1. The number of phenolic OH excluding ortho intramolecular Hbond substituents is 1. The van der Waals surface area contributed by atoms with Gasteiger partial charge in [0.2, 0.25) is 23.6 Å². The molecule has 0 spiro atoms. The summed E-state index contributed by atoms with van der Waals surface area (Å²) in [6.07, 6.45) is 0.846. The number of guanidine groups is 1. The molecule has 30 nitrogen and oxygen atoms in total. The van der Waals surface area contributed by atoms with Crippen LogP contribution in [0.25, 0.3) is 0 Å². The first kappa shape index (κ1) is 72.6. The van der Waals surface area contributed by atoms with Gasteiger partial charge >= 0.3 is 197 Å². The minimum absolute atomic E-state index is 0.00186. The Morgan fingerprint density at radius 3 is 1.71 bits per heavy atom. The van der Waals surface area contributed by atoms with E-state index in [0.717, 1.165) is 5.56 Å². The van der Waals surface area contributed by atoms with Gasteiger partial charge in [-0.05, 0) is 53.8 Å². The summed E-state index contributed by atoms with van der Waals surface area (Å²) in [7, 11) is 0. The maximum Gasteiger partial charge on any atom is 0.242 e.